The number of hydrogen-bond acceptors (Lipinski definition) is 3. The number of aromatic nitrogens is 4. The molecule has 1 N–H and O–H groups in total. The third kappa shape index (κ3) is 3.24. The summed E-state index contributed by atoms with van der Waals surface area (Å²) in [4.78, 5) is 4.44. The van der Waals surface area contributed by atoms with E-state index in [1.807, 2.05) is 0 Å². The van der Waals surface area contributed by atoms with Crippen LogP contribution in [-0.4, -0.2) is 19.8 Å². The molecule has 3 aromatic heterocycles. The monoisotopic (exact) mass is 381 g/mol. The molecule has 3 heterocycles. The van der Waals surface area contributed by atoms with Crippen molar-refractivity contribution < 1.29 is 18.7 Å². The summed E-state index contributed by atoms with van der Waals surface area (Å²) in [6.07, 6.45) is 3.40. The highest BCUT2D eigenvalue weighted by Gasteiger charge is 2.13. The molecule has 6 nitrogen and oxygen atoms in total. The fraction of sp³-hybridized carbons (Fsp3) is 0.150. The third-order valence-electron chi connectivity index (χ3n) is 4.39. The van der Waals surface area contributed by atoms with Crippen LogP contribution in [0.25, 0.3) is 22.2 Å². The first kappa shape index (κ1) is 17.8. The Balaban J connectivity index is 1.82. The topological polar surface area (TPSA) is 68.4 Å². The van der Waals surface area contributed by atoms with Crippen molar-refractivity contribution in [1.82, 2.24) is 14.6 Å². The van der Waals surface area contributed by atoms with E-state index in [0.29, 0.717) is 34.7 Å². The summed E-state index contributed by atoms with van der Waals surface area (Å²) in [6.45, 7) is 2.03. The van der Waals surface area contributed by atoms with Crippen molar-refractivity contribution >= 4 is 11.5 Å². The first-order chi connectivity index (χ1) is 13.6. The Morgan fingerprint density at radius 2 is 2.00 bits per heavy atom. The molecule has 0 bridgehead atoms. The summed E-state index contributed by atoms with van der Waals surface area (Å²) < 4.78 is 30.8. The Bertz CT molecular complexity index is 1160. The molecule has 0 aliphatic rings. The normalized spacial score (nSPS) is 11.1. The highest BCUT2D eigenvalue weighted by Crippen LogP contribution is 2.30. The Morgan fingerprint density at radius 3 is 2.75 bits per heavy atom. The van der Waals surface area contributed by atoms with Gasteiger partial charge >= 0.3 is 0 Å². The van der Waals surface area contributed by atoms with Crippen LogP contribution < -0.4 is 4.73 Å². The van der Waals surface area contributed by atoms with E-state index in [0.717, 1.165) is 10.3 Å². The molecule has 4 rings (SSSR count). The summed E-state index contributed by atoms with van der Waals surface area (Å²) in [6, 6.07) is 11.3. The summed E-state index contributed by atoms with van der Waals surface area (Å²) in [5.74, 6) is -0.701. The second-order valence-corrected chi connectivity index (χ2v) is 6.25. The molecule has 0 atom stereocenters. The van der Waals surface area contributed by atoms with Gasteiger partial charge in [0.2, 0.25) is 18.3 Å². The average molecular weight is 381 g/mol. The maximum absolute atomic E-state index is 14.3. The molecule has 0 amide bonds. The fourth-order valence-electron chi connectivity index (χ4n) is 3.02. The van der Waals surface area contributed by atoms with Crippen molar-refractivity contribution in [2.24, 2.45) is 0 Å². The zero-order valence-corrected chi connectivity index (χ0v) is 15.0. The van der Waals surface area contributed by atoms with Gasteiger partial charge < -0.3 is 9.83 Å². The number of pyridine rings is 1. The van der Waals surface area contributed by atoms with Crippen molar-refractivity contribution in [3.63, 3.8) is 0 Å². The molecule has 0 saturated carbocycles. The number of fused-ring (bicyclic) bond motifs is 1. The van der Waals surface area contributed by atoms with E-state index in [9.17, 15) is 14.0 Å². The van der Waals surface area contributed by atoms with Gasteiger partial charge in [0.25, 0.3) is 0 Å². The number of nitrogens with zero attached hydrogens (tertiary/aromatic N) is 5. The molecule has 0 spiro atoms. The van der Waals surface area contributed by atoms with Crippen molar-refractivity contribution in [3.05, 3.63) is 83.1 Å². The van der Waals surface area contributed by atoms with Crippen molar-refractivity contribution in [2.45, 2.75) is 19.9 Å². The van der Waals surface area contributed by atoms with Crippen LogP contribution in [0.5, 0.6) is 0 Å². The molecule has 28 heavy (non-hydrogen) atoms. The number of aryl methyl sites for hydroxylation is 1. The van der Waals surface area contributed by atoms with Crippen LogP contribution >= 0.6 is 0 Å². The number of rotatable bonds is 5. The number of halogens is 2. The number of hydrogen-bond donors (Lipinski definition) is 1. The lowest BCUT2D eigenvalue weighted by molar-refractivity contribution is -0.905. The first-order valence-corrected chi connectivity index (χ1v) is 8.77. The molecule has 0 saturated heterocycles. The van der Waals surface area contributed by atoms with Crippen LogP contribution in [0.15, 0.2) is 54.9 Å². The van der Waals surface area contributed by atoms with Gasteiger partial charge in [-0.05, 0) is 43.0 Å². The molecule has 0 aliphatic heterocycles. The van der Waals surface area contributed by atoms with Gasteiger partial charge in [0, 0.05) is 27.5 Å². The SMILES string of the molecule is CCc1c(F)nn2c([N-]Cc3ccc[n+](O)c3)cc(-c3ccccc3F)nc12. The highest BCUT2D eigenvalue weighted by molar-refractivity contribution is 5.69. The van der Waals surface area contributed by atoms with E-state index in [2.05, 4.69) is 15.4 Å². The zero-order chi connectivity index (χ0) is 19.7. The molecule has 0 fully saturated rings. The standard InChI is InChI=1S/C20H17F2N5O/c1-2-14-19(22)25-27-18(23-11-13-6-5-9-26(28)12-13)10-17(24-20(14)27)15-7-3-4-8-16(15)21/h3-10,12,28H,2,11H2,1H3. The van der Waals surface area contributed by atoms with Crippen molar-refractivity contribution in [1.29, 1.82) is 0 Å². The van der Waals surface area contributed by atoms with Gasteiger partial charge in [-0.1, -0.05) is 19.1 Å². The first-order valence-electron chi connectivity index (χ1n) is 8.77. The molecule has 1 aromatic carbocycles. The lowest BCUT2D eigenvalue weighted by atomic mass is 10.1. The van der Waals surface area contributed by atoms with E-state index >= 15 is 0 Å². The minimum Gasteiger partial charge on any atom is -0.459 e. The van der Waals surface area contributed by atoms with E-state index in [1.165, 1.54) is 23.0 Å². The largest absolute Gasteiger partial charge is 0.459 e. The summed E-state index contributed by atoms with van der Waals surface area (Å²) in [7, 11) is 0. The fourth-order valence-corrected chi connectivity index (χ4v) is 3.02. The molecule has 0 aliphatic carbocycles. The van der Waals surface area contributed by atoms with Crippen LogP contribution in [0.1, 0.15) is 18.1 Å². The molecule has 8 heteroatoms. The Morgan fingerprint density at radius 1 is 1.18 bits per heavy atom. The van der Waals surface area contributed by atoms with Crippen LogP contribution in [0, 0.1) is 11.8 Å². The minimum absolute atomic E-state index is 0.222. The minimum atomic E-state index is -0.620. The lowest BCUT2D eigenvalue weighted by Crippen LogP contribution is -2.28. The molecule has 0 radical (unpaired) electrons. The van der Waals surface area contributed by atoms with Crippen LogP contribution in [0.4, 0.5) is 14.6 Å². The van der Waals surface area contributed by atoms with Gasteiger partial charge in [0.1, 0.15) is 5.82 Å². The number of benzene rings is 1. The lowest BCUT2D eigenvalue weighted by Gasteiger charge is -2.19. The average Bonchev–Trinajstić information content (AvgIpc) is 3.01. The van der Waals surface area contributed by atoms with Gasteiger partial charge in [-0.25, -0.2) is 9.49 Å². The maximum atomic E-state index is 14.3. The molecule has 4 aromatic rings. The van der Waals surface area contributed by atoms with Gasteiger partial charge in [-0.15, -0.1) is 0 Å². The smallest absolute Gasteiger partial charge is 0.225 e. The van der Waals surface area contributed by atoms with Crippen molar-refractivity contribution in [2.75, 3.05) is 0 Å². The van der Waals surface area contributed by atoms with Gasteiger partial charge in [0.15, 0.2) is 0 Å². The van der Waals surface area contributed by atoms with E-state index in [-0.39, 0.29) is 6.54 Å². The third-order valence-corrected chi connectivity index (χ3v) is 4.39. The molecule has 0 unspecified atom stereocenters. The second kappa shape index (κ2) is 7.22. The molecule has 142 valence electrons. The zero-order valence-electron chi connectivity index (χ0n) is 15.0. The Hall–Kier alpha value is -3.55. The van der Waals surface area contributed by atoms with Crippen LogP contribution in [0.3, 0.4) is 0 Å². The Labute approximate surface area is 159 Å². The highest BCUT2D eigenvalue weighted by atomic mass is 19.1. The van der Waals surface area contributed by atoms with Crippen molar-refractivity contribution in [3.8, 4) is 11.3 Å². The summed E-state index contributed by atoms with van der Waals surface area (Å²) in [5.41, 5.74) is 2.06. The maximum Gasteiger partial charge on any atom is 0.225 e. The van der Waals surface area contributed by atoms with Crippen LogP contribution in [0.2, 0.25) is 0 Å². The van der Waals surface area contributed by atoms with Gasteiger partial charge in [-0.3, -0.25) is 10.2 Å². The van der Waals surface area contributed by atoms with Gasteiger partial charge in [0.05, 0.1) is 11.3 Å². The predicted molar refractivity (Wildman–Crippen MR) is 98.3 cm³/mol. The van der Waals surface area contributed by atoms with Crippen LogP contribution in [-0.2, 0) is 13.0 Å². The predicted octanol–water partition coefficient (Wildman–Crippen LogP) is 3.97. The van der Waals surface area contributed by atoms with E-state index < -0.39 is 11.8 Å². The molecular formula is C20H17F2N5O. The molecular weight excluding hydrogens is 364 g/mol. The summed E-state index contributed by atoms with van der Waals surface area (Å²) in [5, 5.41) is 17.9. The van der Waals surface area contributed by atoms with E-state index in [4.69, 9.17) is 0 Å². The quantitative estimate of drug-likeness (QED) is 0.420. The van der Waals surface area contributed by atoms with E-state index in [1.54, 1.807) is 43.3 Å². The second-order valence-electron chi connectivity index (χ2n) is 6.25. The van der Waals surface area contributed by atoms with Gasteiger partial charge in [-0.2, -0.15) is 4.39 Å². The Kier molecular flexibility index (Phi) is 4.60. The summed E-state index contributed by atoms with van der Waals surface area (Å²) >= 11 is 0.